The molecule has 1 aliphatic heterocycles. The third-order valence-electron chi connectivity index (χ3n) is 3.74. The van der Waals surface area contributed by atoms with Crippen LogP contribution in [0.1, 0.15) is 40.0 Å². The summed E-state index contributed by atoms with van der Waals surface area (Å²) in [7, 11) is 0. The van der Waals surface area contributed by atoms with Crippen LogP contribution in [0.5, 0.6) is 0 Å². The normalized spacial score (nSPS) is 25.5. The van der Waals surface area contributed by atoms with Gasteiger partial charge in [0.05, 0.1) is 13.2 Å². The highest BCUT2D eigenvalue weighted by Gasteiger charge is 2.39. The van der Waals surface area contributed by atoms with Crippen LogP contribution in [0.3, 0.4) is 0 Å². The molecule has 1 unspecified atom stereocenters. The summed E-state index contributed by atoms with van der Waals surface area (Å²) in [4.78, 5) is 13.9. The van der Waals surface area contributed by atoms with Gasteiger partial charge in [-0.05, 0) is 31.7 Å². The molecule has 17 heavy (non-hydrogen) atoms. The van der Waals surface area contributed by atoms with Gasteiger partial charge >= 0.3 is 0 Å². The molecule has 1 aliphatic rings. The minimum atomic E-state index is -0.158. The summed E-state index contributed by atoms with van der Waals surface area (Å²) in [5, 5.41) is 12.5. The number of aliphatic hydroxyl groups is 1. The molecule has 0 aliphatic carbocycles. The second-order valence-corrected chi connectivity index (χ2v) is 5.46. The van der Waals surface area contributed by atoms with E-state index >= 15 is 0 Å². The number of amides is 1. The fourth-order valence-corrected chi connectivity index (χ4v) is 2.48. The second-order valence-electron chi connectivity index (χ2n) is 5.46. The van der Waals surface area contributed by atoms with E-state index in [4.69, 9.17) is 0 Å². The predicted molar refractivity (Wildman–Crippen MR) is 68.8 cm³/mol. The summed E-state index contributed by atoms with van der Waals surface area (Å²) in [6.45, 7) is 8.47. The molecule has 0 aromatic heterocycles. The molecule has 1 rings (SSSR count). The van der Waals surface area contributed by atoms with Crippen LogP contribution in [-0.4, -0.2) is 47.7 Å². The van der Waals surface area contributed by atoms with Gasteiger partial charge in [-0.1, -0.05) is 20.8 Å². The zero-order valence-electron chi connectivity index (χ0n) is 11.3. The lowest BCUT2D eigenvalue weighted by molar-refractivity contribution is -0.123. The molecule has 0 bridgehead atoms. The number of hydrogen-bond donors (Lipinski definition) is 2. The van der Waals surface area contributed by atoms with E-state index in [9.17, 15) is 9.90 Å². The maximum atomic E-state index is 11.8. The van der Waals surface area contributed by atoms with Crippen molar-refractivity contribution in [3.63, 3.8) is 0 Å². The van der Waals surface area contributed by atoms with Crippen LogP contribution in [0, 0.1) is 5.92 Å². The van der Waals surface area contributed by atoms with Crippen LogP contribution >= 0.6 is 0 Å². The molecule has 2 N–H and O–H groups in total. The van der Waals surface area contributed by atoms with E-state index in [-0.39, 0.29) is 18.1 Å². The molecular formula is C13H26N2O2. The Morgan fingerprint density at radius 1 is 1.53 bits per heavy atom. The van der Waals surface area contributed by atoms with E-state index in [1.165, 1.54) is 0 Å². The smallest absolute Gasteiger partial charge is 0.234 e. The zero-order chi connectivity index (χ0) is 12.9. The quantitative estimate of drug-likeness (QED) is 0.730. The van der Waals surface area contributed by atoms with Crippen molar-refractivity contribution in [3.05, 3.63) is 0 Å². The fourth-order valence-electron chi connectivity index (χ4n) is 2.48. The van der Waals surface area contributed by atoms with Crippen molar-refractivity contribution in [2.45, 2.75) is 45.6 Å². The second kappa shape index (κ2) is 6.36. The Hall–Kier alpha value is -0.610. The minimum Gasteiger partial charge on any atom is -0.394 e. The highest BCUT2D eigenvalue weighted by atomic mass is 16.3. The Morgan fingerprint density at radius 3 is 2.76 bits per heavy atom. The van der Waals surface area contributed by atoms with Crippen molar-refractivity contribution in [1.82, 2.24) is 10.2 Å². The highest BCUT2D eigenvalue weighted by molar-refractivity contribution is 5.78. The van der Waals surface area contributed by atoms with Crippen LogP contribution in [0.15, 0.2) is 0 Å². The van der Waals surface area contributed by atoms with E-state index in [2.05, 4.69) is 31.0 Å². The Balaban J connectivity index is 2.47. The number of carbonyl (C=O) groups excluding carboxylic acids is 1. The third kappa shape index (κ3) is 3.68. The van der Waals surface area contributed by atoms with Crippen LogP contribution in [0.2, 0.25) is 0 Å². The maximum Gasteiger partial charge on any atom is 0.234 e. The van der Waals surface area contributed by atoms with Gasteiger partial charge in [-0.2, -0.15) is 0 Å². The Bertz CT molecular complexity index is 250. The monoisotopic (exact) mass is 242 g/mol. The van der Waals surface area contributed by atoms with Crippen molar-refractivity contribution in [1.29, 1.82) is 0 Å². The van der Waals surface area contributed by atoms with E-state index in [1.807, 2.05) is 0 Å². The molecule has 1 heterocycles. The van der Waals surface area contributed by atoms with Crippen LogP contribution in [0.25, 0.3) is 0 Å². The summed E-state index contributed by atoms with van der Waals surface area (Å²) in [6, 6.07) is 0. The molecule has 0 aromatic rings. The van der Waals surface area contributed by atoms with Crippen molar-refractivity contribution in [2.75, 3.05) is 26.2 Å². The topological polar surface area (TPSA) is 52.6 Å². The Labute approximate surface area is 104 Å². The molecule has 0 saturated carbocycles. The number of carbonyl (C=O) groups is 1. The van der Waals surface area contributed by atoms with Gasteiger partial charge in [0.2, 0.25) is 5.91 Å². The average molecular weight is 242 g/mol. The van der Waals surface area contributed by atoms with Crippen molar-refractivity contribution in [2.24, 2.45) is 5.92 Å². The molecule has 4 nitrogen and oxygen atoms in total. The minimum absolute atomic E-state index is 0.0758. The summed E-state index contributed by atoms with van der Waals surface area (Å²) in [5.74, 6) is 0.554. The Morgan fingerprint density at radius 2 is 2.24 bits per heavy atom. The lowest BCUT2D eigenvalue weighted by atomic mass is 9.94. The maximum absolute atomic E-state index is 11.8. The first-order valence-electron chi connectivity index (χ1n) is 6.66. The van der Waals surface area contributed by atoms with Gasteiger partial charge in [0.15, 0.2) is 0 Å². The van der Waals surface area contributed by atoms with Crippen LogP contribution in [0.4, 0.5) is 0 Å². The molecule has 0 spiro atoms. The molecule has 1 saturated heterocycles. The van der Waals surface area contributed by atoms with Gasteiger partial charge in [-0.15, -0.1) is 0 Å². The number of likely N-dealkylation sites (tertiary alicyclic amines) is 1. The molecule has 4 heteroatoms. The van der Waals surface area contributed by atoms with Crippen molar-refractivity contribution in [3.8, 4) is 0 Å². The largest absolute Gasteiger partial charge is 0.394 e. The summed E-state index contributed by atoms with van der Waals surface area (Å²) < 4.78 is 0. The zero-order valence-corrected chi connectivity index (χ0v) is 11.3. The predicted octanol–water partition coefficient (Wildman–Crippen LogP) is 0.995. The van der Waals surface area contributed by atoms with Crippen LogP contribution < -0.4 is 5.32 Å². The third-order valence-corrected chi connectivity index (χ3v) is 3.74. The van der Waals surface area contributed by atoms with Crippen molar-refractivity contribution >= 4 is 5.91 Å². The molecule has 1 atom stereocenters. The molecule has 0 aromatic carbocycles. The first kappa shape index (κ1) is 14.5. The number of nitrogens with zero attached hydrogens (tertiary/aromatic N) is 1. The fraction of sp³-hybridized carbons (Fsp3) is 0.923. The summed E-state index contributed by atoms with van der Waals surface area (Å²) in [6.07, 6.45) is 2.98. The number of nitrogens with one attached hydrogen (secondary N) is 1. The lowest BCUT2D eigenvalue weighted by Gasteiger charge is -2.35. The SMILES string of the molecule is CCC1(CO)CCCN1CC(=O)NCC(C)C. The van der Waals surface area contributed by atoms with Crippen molar-refractivity contribution < 1.29 is 9.90 Å². The average Bonchev–Trinajstić information content (AvgIpc) is 2.70. The first-order valence-corrected chi connectivity index (χ1v) is 6.66. The molecule has 0 radical (unpaired) electrons. The molecular weight excluding hydrogens is 216 g/mol. The van der Waals surface area contributed by atoms with E-state index < -0.39 is 0 Å². The molecule has 1 amide bonds. The van der Waals surface area contributed by atoms with Gasteiger partial charge in [-0.3, -0.25) is 9.69 Å². The number of rotatable bonds is 6. The van der Waals surface area contributed by atoms with Crippen LogP contribution in [-0.2, 0) is 4.79 Å². The van der Waals surface area contributed by atoms with Gasteiger partial charge in [-0.25, -0.2) is 0 Å². The van der Waals surface area contributed by atoms with Gasteiger partial charge in [0.25, 0.3) is 0 Å². The first-order chi connectivity index (χ1) is 8.04. The number of aliphatic hydroxyl groups excluding tert-OH is 1. The Kier molecular flexibility index (Phi) is 5.40. The highest BCUT2D eigenvalue weighted by Crippen LogP contribution is 2.31. The van der Waals surface area contributed by atoms with E-state index in [1.54, 1.807) is 0 Å². The van der Waals surface area contributed by atoms with E-state index in [0.717, 1.165) is 32.4 Å². The standard InChI is InChI=1S/C13H26N2O2/c1-4-13(10-16)6-5-7-15(13)9-12(17)14-8-11(2)3/h11,16H,4-10H2,1-3H3,(H,14,17). The number of hydrogen-bond acceptors (Lipinski definition) is 3. The molecule has 1 fully saturated rings. The lowest BCUT2D eigenvalue weighted by Crippen LogP contribution is -2.50. The van der Waals surface area contributed by atoms with Gasteiger partial charge < -0.3 is 10.4 Å². The summed E-state index contributed by atoms with van der Waals surface area (Å²) in [5.41, 5.74) is -0.158. The van der Waals surface area contributed by atoms with Gasteiger partial charge in [0.1, 0.15) is 0 Å². The van der Waals surface area contributed by atoms with E-state index in [0.29, 0.717) is 12.5 Å². The summed E-state index contributed by atoms with van der Waals surface area (Å²) >= 11 is 0. The molecule has 100 valence electrons. The van der Waals surface area contributed by atoms with Gasteiger partial charge in [0, 0.05) is 12.1 Å².